The molecule has 136 valence electrons. The molecule has 0 bridgehead atoms. The first-order valence-electron chi connectivity index (χ1n) is 7.32. The zero-order valence-electron chi connectivity index (χ0n) is 14.3. The van der Waals surface area contributed by atoms with Crippen LogP contribution in [0.2, 0.25) is 0 Å². The zero-order chi connectivity index (χ0) is 19.3. The van der Waals surface area contributed by atoms with E-state index >= 15 is 0 Å². The summed E-state index contributed by atoms with van der Waals surface area (Å²) in [5, 5.41) is 22.0. The molecule has 0 aliphatic rings. The van der Waals surface area contributed by atoms with Crippen molar-refractivity contribution in [1.29, 1.82) is 0 Å². The maximum atomic E-state index is 11.2. The largest absolute Gasteiger partial charge is 0.493 e. The minimum Gasteiger partial charge on any atom is -0.493 e. The predicted octanol–water partition coefficient (Wildman–Crippen LogP) is 3.70. The topological polar surface area (TPSA) is 114 Å². The summed E-state index contributed by atoms with van der Waals surface area (Å²) in [7, 11) is 4.44. The second-order valence-electron chi connectivity index (χ2n) is 5.05. The van der Waals surface area contributed by atoms with Gasteiger partial charge >= 0.3 is 0 Å². The Hall–Kier alpha value is -3.62. The molecule has 2 rings (SSSR count). The summed E-state index contributed by atoms with van der Waals surface area (Å²) in [5.74, 6) is 1.29. The molecular weight excluding hydrogens is 344 g/mol. The first-order chi connectivity index (χ1) is 12.4. The number of methoxy groups -OCH3 is 3. The molecule has 9 nitrogen and oxygen atoms in total. The number of nitro benzene ring substituents is 2. The van der Waals surface area contributed by atoms with Crippen LogP contribution in [0.25, 0.3) is 12.2 Å². The minimum atomic E-state index is -0.681. The minimum absolute atomic E-state index is 0.231. The summed E-state index contributed by atoms with van der Waals surface area (Å²) in [4.78, 5) is 20.6. The molecule has 0 saturated heterocycles. The van der Waals surface area contributed by atoms with Gasteiger partial charge in [0.05, 0.1) is 42.8 Å². The first-order valence-corrected chi connectivity index (χ1v) is 7.32. The standard InChI is InChI=1S/C17H16N2O7/c1-24-15-8-11(9-16(25-2)17(15)26-3)4-5-12-6-7-13(18(20)21)10-14(12)19(22)23/h4-10H,1-3H3. The third-order valence-corrected chi connectivity index (χ3v) is 3.56. The lowest BCUT2D eigenvalue weighted by atomic mass is 10.1. The molecular formula is C17H16N2O7. The first kappa shape index (κ1) is 18.7. The average molecular weight is 360 g/mol. The molecule has 0 fully saturated rings. The van der Waals surface area contributed by atoms with E-state index in [2.05, 4.69) is 0 Å². The predicted molar refractivity (Wildman–Crippen MR) is 94.8 cm³/mol. The van der Waals surface area contributed by atoms with Crippen molar-refractivity contribution in [2.24, 2.45) is 0 Å². The highest BCUT2D eigenvalue weighted by Gasteiger charge is 2.18. The SMILES string of the molecule is COc1cc(C=Cc2ccc([N+](=O)[O-])cc2[N+](=O)[O-])cc(OC)c1OC. The normalized spacial score (nSPS) is 10.6. The van der Waals surface area contributed by atoms with Crippen LogP contribution in [0.15, 0.2) is 30.3 Å². The molecule has 0 spiro atoms. The van der Waals surface area contributed by atoms with Crippen molar-refractivity contribution in [3.63, 3.8) is 0 Å². The number of ether oxygens (including phenoxy) is 3. The molecule has 0 saturated carbocycles. The van der Waals surface area contributed by atoms with Crippen LogP contribution in [0, 0.1) is 20.2 Å². The lowest BCUT2D eigenvalue weighted by Gasteiger charge is -2.12. The fraction of sp³-hybridized carbons (Fsp3) is 0.176. The van der Waals surface area contributed by atoms with Gasteiger partial charge in [0.25, 0.3) is 11.4 Å². The molecule has 0 N–H and O–H groups in total. The Kier molecular flexibility index (Phi) is 5.74. The number of non-ortho nitro benzene ring substituents is 1. The third-order valence-electron chi connectivity index (χ3n) is 3.56. The smallest absolute Gasteiger partial charge is 0.283 e. The summed E-state index contributed by atoms with van der Waals surface area (Å²) in [6.07, 6.45) is 3.10. The number of nitrogens with zero attached hydrogens (tertiary/aromatic N) is 2. The Balaban J connectivity index is 2.47. The molecule has 0 aliphatic carbocycles. The highest BCUT2D eigenvalue weighted by atomic mass is 16.6. The van der Waals surface area contributed by atoms with Crippen LogP contribution in [0.3, 0.4) is 0 Å². The van der Waals surface area contributed by atoms with Crippen molar-refractivity contribution in [2.75, 3.05) is 21.3 Å². The van der Waals surface area contributed by atoms with E-state index in [1.165, 1.54) is 39.5 Å². The number of benzene rings is 2. The van der Waals surface area contributed by atoms with Crippen LogP contribution in [0.1, 0.15) is 11.1 Å². The van der Waals surface area contributed by atoms with Crippen LogP contribution in [-0.2, 0) is 0 Å². The quantitative estimate of drug-likeness (QED) is 0.420. The van der Waals surface area contributed by atoms with E-state index in [-0.39, 0.29) is 16.9 Å². The van der Waals surface area contributed by atoms with Gasteiger partial charge in [-0.1, -0.05) is 6.08 Å². The van der Waals surface area contributed by atoms with Gasteiger partial charge in [-0.3, -0.25) is 20.2 Å². The zero-order valence-corrected chi connectivity index (χ0v) is 14.3. The van der Waals surface area contributed by atoms with Gasteiger partial charge in [0.15, 0.2) is 11.5 Å². The Morgan fingerprint density at radius 1 is 0.846 bits per heavy atom. The molecule has 0 amide bonds. The summed E-state index contributed by atoms with van der Waals surface area (Å²) in [6.45, 7) is 0. The Morgan fingerprint density at radius 3 is 1.92 bits per heavy atom. The van der Waals surface area contributed by atoms with E-state index in [4.69, 9.17) is 14.2 Å². The molecule has 0 atom stereocenters. The molecule has 2 aromatic carbocycles. The molecule has 2 aromatic rings. The van der Waals surface area contributed by atoms with E-state index < -0.39 is 9.85 Å². The number of hydrogen-bond acceptors (Lipinski definition) is 7. The van der Waals surface area contributed by atoms with Crippen LogP contribution in [0.5, 0.6) is 17.2 Å². The molecule has 0 unspecified atom stereocenters. The van der Waals surface area contributed by atoms with Gasteiger partial charge in [-0.05, 0) is 29.8 Å². The molecule has 9 heteroatoms. The van der Waals surface area contributed by atoms with E-state index in [1.807, 2.05) is 0 Å². The van der Waals surface area contributed by atoms with Gasteiger partial charge in [-0.2, -0.15) is 0 Å². The van der Waals surface area contributed by atoms with Gasteiger partial charge in [-0.15, -0.1) is 0 Å². The average Bonchev–Trinajstić information content (AvgIpc) is 2.64. The summed E-state index contributed by atoms with van der Waals surface area (Å²) < 4.78 is 15.7. The van der Waals surface area contributed by atoms with Crippen molar-refractivity contribution in [3.05, 3.63) is 61.7 Å². The second-order valence-corrected chi connectivity index (χ2v) is 5.05. The van der Waals surface area contributed by atoms with Crippen molar-refractivity contribution < 1.29 is 24.1 Å². The monoisotopic (exact) mass is 360 g/mol. The second kappa shape index (κ2) is 7.97. The fourth-order valence-electron chi connectivity index (χ4n) is 2.33. The van der Waals surface area contributed by atoms with Crippen LogP contribution in [-0.4, -0.2) is 31.2 Å². The van der Waals surface area contributed by atoms with Gasteiger partial charge in [0.1, 0.15) is 0 Å². The van der Waals surface area contributed by atoms with Gasteiger partial charge in [0.2, 0.25) is 5.75 Å². The Bertz CT molecular complexity index is 852. The maximum absolute atomic E-state index is 11.2. The fourth-order valence-corrected chi connectivity index (χ4v) is 2.33. The maximum Gasteiger partial charge on any atom is 0.283 e. The van der Waals surface area contributed by atoms with E-state index in [9.17, 15) is 20.2 Å². The van der Waals surface area contributed by atoms with Crippen LogP contribution >= 0.6 is 0 Å². The van der Waals surface area contributed by atoms with Crippen molar-refractivity contribution in [2.45, 2.75) is 0 Å². The van der Waals surface area contributed by atoms with Crippen molar-refractivity contribution in [1.82, 2.24) is 0 Å². The highest BCUT2D eigenvalue weighted by molar-refractivity contribution is 5.76. The van der Waals surface area contributed by atoms with E-state index in [0.29, 0.717) is 22.8 Å². The molecule has 26 heavy (non-hydrogen) atoms. The third kappa shape index (κ3) is 3.89. The van der Waals surface area contributed by atoms with Crippen molar-refractivity contribution >= 4 is 23.5 Å². The van der Waals surface area contributed by atoms with E-state index in [0.717, 1.165) is 6.07 Å². The van der Waals surface area contributed by atoms with Gasteiger partial charge in [-0.25, -0.2) is 0 Å². The van der Waals surface area contributed by atoms with Gasteiger partial charge < -0.3 is 14.2 Å². The molecule has 0 heterocycles. The highest BCUT2D eigenvalue weighted by Crippen LogP contribution is 2.38. The lowest BCUT2D eigenvalue weighted by molar-refractivity contribution is -0.394. The lowest BCUT2D eigenvalue weighted by Crippen LogP contribution is -1.96. The molecule has 0 radical (unpaired) electrons. The molecule has 0 aromatic heterocycles. The summed E-state index contributed by atoms with van der Waals surface area (Å²) >= 11 is 0. The Morgan fingerprint density at radius 2 is 1.46 bits per heavy atom. The van der Waals surface area contributed by atoms with Crippen LogP contribution in [0.4, 0.5) is 11.4 Å². The number of nitro groups is 2. The van der Waals surface area contributed by atoms with Gasteiger partial charge in [0, 0.05) is 6.07 Å². The Labute approximate surface area is 148 Å². The summed E-state index contributed by atoms with van der Waals surface area (Å²) in [5.41, 5.74) is 0.172. The summed E-state index contributed by atoms with van der Waals surface area (Å²) in [6, 6.07) is 6.81. The number of rotatable bonds is 7. The van der Waals surface area contributed by atoms with E-state index in [1.54, 1.807) is 18.2 Å². The molecule has 0 aliphatic heterocycles. The number of hydrogen-bond donors (Lipinski definition) is 0. The van der Waals surface area contributed by atoms with Crippen LogP contribution < -0.4 is 14.2 Å². The van der Waals surface area contributed by atoms with Crippen molar-refractivity contribution in [3.8, 4) is 17.2 Å².